The molecule has 0 spiro atoms. The SMILES string of the molecule is CC[Si](C)(C)O[Si](C)(C)CNC(=O)c1cc(C(C)(c2ccc(C(=O)O)c(C(=O)NC)c2)C(F)(F)F)ccc1C(=O)O. The van der Waals surface area contributed by atoms with Gasteiger partial charge in [0.2, 0.25) is 0 Å². The lowest BCUT2D eigenvalue weighted by atomic mass is 9.74. The van der Waals surface area contributed by atoms with E-state index in [1.54, 1.807) is 0 Å². The third-order valence-corrected chi connectivity index (χ3v) is 14.2. The van der Waals surface area contributed by atoms with Crippen LogP contribution in [0.4, 0.5) is 13.2 Å². The van der Waals surface area contributed by atoms with E-state index in [1.807, 2.05) is 33.1 Å². The van der Waals surface area contributed by atoms with Crippen molar-refractivity contribution in [3.05, 3.63) is 69.8 Å². The average Bonchev–Trinajstić information content (AvgIpc) is 2.88. The van der Waals surface area contributed by atoms with Gasteiger partial charge in [-0.2, -0.15) is 13.2 Å². The van der Waals surface area contributed by atoms with E-state index < -0.39 is 85.4 Å². The van der Waals surface area contributed by atoms with Crippen molar-refractivity contribution in [2.75, 3.05) is 13.2 Å². The number of benzene rings is 2. The van der Waals surface area contributed by atoms with Gasteiger partial charge in [-0.05, 0) is 74.5 Å². The van der Waals surface area contributed by atoms with E-state index in [4.69, 9.17) is 4.12 Å². The average molecular weight is 613 g/mol. The number of alkyl halides is 3. The molecule has 2 aromatic carbocycles. The van der Waals surface area contributed by atoms with Crippen molar-refractivity contribution in [2.24, 2.45) is 0 Å². The summed E-state index contributed by atoms with van der Waals surface area (Å²) < 4.78 is 50.7. The Morgan fingerprint density at radius 2 is 1.24 bits per heavy atom. The molecule has 2 rings (SSSR count). The maximum atomic E-state index is 14.8. The summed E-state index contributed by atoms with van der Waals surface area (Å²) >= 11 is 0. The maximum absolute atomic E-state index is 14.8. The molecule has 0 radical (unpaired) electrons. The molecule has 0 fully saturated rings. The van der Waals surface area contributed by atoms with Crippen LogP contribution < -0.4 is 10.6 Å². The first-order valence-corrected chi connectivity index (χ1v) is 19.0. The summed E-state index contributed by atoms with van der Waals surface area (Å²) in [6.45, 7) is 10.7. The Morgan fingerprint density at radius 1 is 0.805 bits per heavy atom. The lowest BCUT2D eigenvalue weighted by Gasteiger charge is -2.34. The first-order chi connectivity index (χ1) is 18.7. The number of nitrogens with one attached hydrogen (secondary N) is 2. The van der Waals surface area contributed by atoms with Crippen molar-refractivity contribution in [2.45, 2.75) is 57.7 Å². The third-order valence-electron chi connectivity index (χ3n) is 7.02. The van der Waals surface area contributed by atoms with Crippen LogP contribution in [-0.2, 0) is 9.53 Å². The number of carbonyl (C=O) groups is 4. The number of hydrogen-bond donors (Lipinski definition) is 4. The first-order valence-electron chi connectivity index (χ1n) is 12.7. The Morgan fingerprint density at radius 3 is 1.61 bits per heavy atom. The molecule has 14 heteroatoms. The van der Waals surface area contributed by atoms with Gasteiger partial charge >= 0.3 is 18.1 Å². The summed E-state index contributed by atoms with van der Waals surface area (Å²) in [6.07, 6.45) is -4.90. The standard InChI is InChI=1S/C27H35F3N2O7Si2/c1-8-40(4,5)39-41(6,7)15-32-23(34)21-14-17(10-12-19(21)25(37)38)26(2,27(28,29)30)16-9-11-18(24(35)36)20(13-16)22(33)31-3/h9-14H,8,15H2,1-7H3,(H,31,33)(H,32,34)(H,35,36)(H,37,38). The molecule has 1 unspecified atom stereocenters. The van der Waals surface area contributed by atoms with Crippen LogP contribution in [0.25, 0.3) is 0 Å². The number of aromatic carboxylic acids is 2. The van der Waals surface area contributed by atoms with Gasteiger partial charge in [0.05, 0.1) is 22.3 Å². The summed E-state index contributed by atoms with van der Waals surface area (Å²) in [6, 6.07) is 6.28. The zero-order valence-corrected chi connectivity index (χ0v) is 25.9. The largest absolute Gasteiger partial charge is 0.478 e. The first kappa shape index (κ1) is 33.7. The van der Waals surface area contributed by atoms with E-state index >= 15 is 0 Å². The van der Waals surface area contributed by atoms with E-state index in [9.17, 15) is 42.6 Å². The number of hydrogen-bond acceptors (Lipinski definition) is 5. The molecule has 9 nitrogen and oxygen atoms in total. The Balaban J connectivity index is 2.68. The minimum absolute atomic E-state index is 0.105. The van der Waals surface area contributed by atoms with Crippen LogP contribution in [0.3, 0.4) is 0 Å². The van der Waals surface area contributed by atoms with E-state index in [-0.39, 0.29) is 6.17 Å². The molecule has 0 aliphatic carbocycles. The number of carboxylic acid groups (broad SMARTS) is 2. The van der Waals surface area contributed by atoms with Crippen LogP contribution in [0.1, 0.15) is 66.4 Å². The predicted octanol–water partition coefficient (Wildman–Crippen LogP) is 5.03. The van der Waals surface area contributed by atoms with E-state index in [2.05, 4.69) is 10.6 Å². The van der Waals surface area contributed by atoms with Gasteiger partial charge in [0.1, 0.15) is 5.41 Å². The maximum Gasteiger partial charge on any atom is 0.402 e. The molecule has 0 aliphatic heterocycles. The fraction of sp³-hybridized carbons (Fsp3) is 0.407. The smallest absolute Gasteiger partial charge is 0.402 e. The summed E-state index contributed by atoms with van der Waals surface area (Å²) in [5.41, 5.74) is -5.76. The van der Waals surface area contributed by atoms with Gasteiger partial charge in [-0.1, -0.05) is 19.1 Å². The third kappa shape index (κ3) is 7.43. The van der Waals surface area contributed by atoms with Crippen molar-refractivity contribution < 1.29 is 46.7 Å². The highest BCUT2D eigenvalue weighted by molar-refractivity contribution is 6.85. The monoisotopic (exact) mass is 612 g/mol. The number of carboxylic acids is 2. The van der Waals surface area contributed by atoms with Gasteiger partial charge in [-0.25, -0.2) is 9.59 Å². The number of carbonyl (C=O) groups excluding carboxylic acids is 2. The fourth-order valence-corrected chi connectivity index (χ4v) is 11.8. The van der Waals surface area contributed by atoms with E-state index in [0.29, 0.717) is 0 Å². The normalized spacial score (nSPS) is 13.7. The molecule has 224 valence electrons. The quantitative estimate of drug-likeness (QED) is 0.261. The summed E-state index contributed by atoms with van der Waals surface area (Å²) in [7, 11) is -3.23. The van der Waals surface area contributed by atoms with Crippen molar-refractivity contribution >= 4 is 40.4 Å². The molecule has 0 bridgehead atoms. The highest BCUT2D eigenvalue weighted by Crippen LogP contribution is 2.47. The number of amides is 2. The Labute approximate surface area is 238 Å². The van der Waals surface area contributed by atoms with Crippen LogP contribution >= 0.6 is 0 Å². The molecule has 4 N–H and O–H groups in total. The topological polar surface area (TPSA) is 142 Å². The summed E-state index contributed by atoms with van der Waals surface area (Å²) in [5.74, 6) is -4.79. The minimum Gasteiger partial charge on any atom is -0.478 e. The van der Waals surface area contributed by atoms with E-state index in [0.717, 1.165) is 49.4 Å². The van der Waals surface area contributed by atoms with Crippen molar-refractivity contribution in [1.82, 2.24) is 10.6 Å². The zero-order chi connectivity index (χ0) is 31.6. The van der Waals surface area contributed by atoms with Crippen molar-refractivity contribution in [1.29, 1.82) is 0 Å². The molecular weight excluding hydrogens is 577 g/mol. The van der Waals surface area contributed by atoms with Crippen molar-refractivity contribution in [3.63, 3.8) is 0 Å². The Bertz CT molecular complexity index is 1360. The van der Waals surface area contributed by atoms with Crippen LogP contribution in [0.2, 0.25) is 32.2 Å². The van der Waals surface area contributed by atoms with Gasteiger partial charge in [-0.15, -0.1) is 0 Å². The van der Waals surface area contributed by atoms with Gasteiger partial charge in [0.25, 0.3) is 11.8 Å². The van der Waals surface area contributed by atoms with Crippen LogP contribution in [0.15, 0.2) is 36.4 Å². The molecule has 0 aliphatic rings. The van der Waals surface area contributed by atoms with Gasteiger partial charge in [0.15, 0.2) is 16.6 Å². The number of rotatable bonds is 11. The highest BCUT2D eigenvalue weighted by atomic mass is 28.4. The molecule has 41 heavy (non-hydrogen) atoms. The van der Waals surface area contributed by atoms with Gasteiger partial charge in [0, 0.05) is 13.2 Å². The zero-order valence-electron chi connectivity index (χ0n) is 23.9. The molecule has 2 aromatic rings. The van der Waals surface area contributed by atoms with Crippen LogP contribution in [0.5, 0.6) is 0 Å². The number of halogens is 3. The summed E-state index contributed by atoms with van der Waals surface area (Å²) in [4.78, 5) is 49.1. The van der Waals surface area contributed by atoms with Gasteiger partial charge < -0.3 is 25.0 Å². The molecule has 1 atom stereocenters. The van der Waals surface area contributed by atoms with Crippen molar-refractivity contribution in [3.8, 4) is 0 Å². The molecule has 0 saturated heterocycles. The minimum atomic E-state index is -5.00. The molecule has 2 amide bonds. The predicted molar refractivity (Wildman–Crippen MR) is 152 cm³/mol. The molecular formula is C27H35F3N2O7Si2. The molecule has 0 heterocycles. The fourth-order valence-electron chi connectivity index (χ4n) is 4.33. The summed E-state index contributed by atoms with van der Waals surface area (Å²) in [5, 5.41) is 24.0. The second-order valence-electron chi connectivity index (χ2n) is 11.0. The lowest BCUT2D eigenvalue weighted by molar-refractivity contribution is -0.173. The Kier molecular flexibility index (Phi) is 10.0. The second-order valence-corrected chi connectivity index (χ2v) is 19.9. The van der Waals surface area contributed by atoms with Crippen LogP contribution in [-0.4, -0.2) is 70.0 Å². The lowest BCUT2D eigenvalue weighted by Crippen LogP contribution is -2.51. The van der Waals surface area contributed by atoms with E-state index in [1.165, 1.54) is 7.05 Å². The Hall–Kier alpha value is -3.50. The second kappa shape index (κ2) is 12.2. The molecule has 0 saturated carbocycles. The highest BCUT2D eigenvalue weighted by Gasteiger charge is 2.54. The molecule has 0 aromatic heterocycles. The van der Waals surface area contributed by atoms with Crippen LogP contribution in [0, 0.1) is 0 Å². The van der Waals surface area contributed by atoms with Gasteiger partial charge in [-0.3, -0.25) is 9.59 Å².